The van der Waals surface area contributed by atoms with E-state index < -0.39 is 25.9 Å². The van der Waals surface area contributed by atoms with Gasteiger partial charge in [0.25, 0.3) is 0 Å². The highest BCUT2D eigenvalue weighted by Crippen LogP contribution is 2.24. The van der Waals surface area contributed by atoms with Crippen molar-refractivity contribution < 1.29 is 16.8 Å². The van der Waals surface area contributed by atoms with Gasteiger partial charge in [-0.15, -0.1) is 0 Å². The molecule has 1 atom stereocenters. The summed E-state index contributed by atoms with van der Waals surface area (Å²) in [7, 11) is -6.84. The Morgan fingerprint density at radius 1 is 1.43 bits per heavy atom. The Morgan fingerprint density at radius 2 is 2.10 bits per heavy atom. The Morgan fingerprint density at radius 3 is 2.57 bits per heavy atom. The van der Waals surface area contributed by atoms with Gasteiger partial charge in [-0.3, -0.25) is 0 Å². The largest absolute Gasteiger partial charge is 0.349 e. The van der Waals surface area contributed by atoms with E-state index in [2.05, 4.69) is 0 Å². The highest BCUT2D eigenvalue weighted by molar-refractivity contribution is 7.92. The monoisotopic (exact) mass is 335 g/mol. The Bertz CT molecular complexity index is 700. The predicted octanol–water partition coefficient (Wildman–Crippen LogP) is -0.226. The molecular formula is C12H21N3O4S2. The Kier molecular flexibility index (Phi) is 4.48. The molecule has 1 aliphatic rings. The molecule has 2 N–H and O–H groups in total. The van der Waals surface area contributed by atoms with Crippen molar-refractivity contribution >= 4 is 19.9 Å². The molecule has 1 aromatic heterocycles. The van der Waals surface area contributed by atoms with E-state index in [1.165, 1.54) is 4.31 Å². The van der Waals surface area contributed by atoms with E-state index in [4.69, 9.17) is 5.73 Å². The lowest BCUT2D eigenvalue weighted by Crippen LogP contribution is -2.49. The topological polar surface area (TPSA) is 102 Å². The van der Waals surface area contributed by atoms with Crippen LogP contribution in [0.2, 0.25) is 0 Å². The number of sulfonamides is 1. The molecule has 1 unspecified atom stereocenters. The van der Waals surface area contributed by atoms with Crippen LogP contribution in [0.3, 0.4) is 0 Å². The summed E-state index contributed by atoms with van der Waals surface area (Å²) in [6.45, 7) is 4.42. The molecule has 0 bridgehead atoms. The minimum Gasteiger partial charge on any atom is -0.349 e. The van der Waals surface area contributed by atoms with Crippen LogP contribution in [0.15, 0.2) is 17.2 Å². The maximum Gasteiger partial charge on any atom is 0.244 e. The standard InChI is InChI=1S/C12H21N3O4S2/c1-3-14-8-12(6-11(14)7-13)21(18,19)15-4-5-20(16,17)9-10(15)2/h6,8,10H,3-5,7,9,13H2,1-2H3. The summed E-state index contributed by atoms with van der Waals surface area (Å²) in [4.78, 5) is 0.177. The van der Waals surface area contributed by atoms with Crippen molar-refractivity contribution in [3.8, 4) is 0 Å². The molecule has 120 valence electrons. The average molecular weight is 335 g/mol. The second kappa shape index (κ2) is 5.71. The third kappa shape index (κ3) is 3.15. The van der Waals surface area contributed by atoms with Gasteiger partial charge in [0.1, 0.15) is 4.90 Å². The molecule has 0 spiro atoms. The second-order valence-electron chi connectivity index (χ2n) is 5.24. The van der Waals surface area contributed by atoms with Gasteiger partial charge in [0.15, 0.2) is 9.84 Å². The average Bonchev–Trinajstić information content (AvgIpc) is 2.80. The van der Waals surface area contributed by atoms with Gasteiger partial charge in [-0.1, -0.05) is 0 Å². The van der Waals surface area contributed by atoms with Gasteiger partial charge in [0.05, 0.1) is 11.5 Å². The van der Waals surface area contributed by atoms with E-state index in [0.29, 0.717) is 6.54 Å². The van der Waals surface area contributed by atoms with E-state index in [1.54, 1.807) is 23.8 Å². The molecular weight excluding hydrogens is 314 g/mol. The lowest BCUT2D eigenvalue weighted by atomic mass is 10.4. The number of aryl methyl sites for hydroxylation is 1. The molecule has 7 nitrogen and oxygen atoms in total. The Labute approximate surface area is 125 Å². The number of sulfone groups is 1. The minimum atomic E-state index is -3.69. The molecule has 1 saturated heterocycles. The van der Waals surface area contributed by atoms with Gasteiger partial charge in [-0.2, -0.15) is 4.31 Å². The molecule has 0 radical (unpaired) electrons. The fourth-order valence-electron chi connectivity index (χ4n) is 2.61. The van der Waals surface area contributed by atoms with Crippen molar-refractivity contribution in [1.29, 1.82) is 0 Å². The van der Waals surface area contributed by atoms with Gasteiger partial charge in [-0.05, 0) is 19.9 Å². The first kappa shape index (κ1) is 16.5. The third-order valence-corrected chi connectivity index (χ3v) is 7.50. The maximum atomic E-state index is 12.7. The fraction of sp³-hybridized carbons (Fsp3) is 0.667. The van der Waals surface area contributed by atoms with Crippen molar-refractivity contribution in [2.24, 2.45) is 5.73 Å². The SMILES string of the molecule is CCn1cc(S(=O)(=O)N2CCS(=O)(=O)CC2C)cc1CN. The van der Waals surface area contributed by atoms with Crippen LogP contribution in [0, 0.1) is 0 Å². The highest BCUT2D eigenvalue weighted by Gasteiger charge is 2.37. The lowest BCUT2D eigenvalue weighted by Gasteiger charge is -2.31. The lowest BCUT2D eigenvalue weighted by molar-refractivity contribution is 0.357. The summed E-state index contributed by atoms with van der Waals surface area (Å²) >= 11 is 0. The quantitative estimate of drug-likeness (QED) is 0.819. The number of nitrogens with zero attached hydrogens (tertiary/aromatic N) is 2. The van der Waals surface area contributed by atoms with Gasteiger partial charge in [-0.25, -0.2) is 16.8 Å². The van der Waals surface area contributed by atoms with Crippen LogP contribution < -0.4 is 5.73 Å². The van der Waals surface area contributed by atoms with Crippen LogP contribution >= 0.6 is 0 Å². The summed E-state index contributed by atoms with van der Waals surface area (Å²) in [6, 6.07) is 1.01. The first-order chi connectivity index (χ1) is 9.71. The van der Waals surface area contributed by atoms with Crippen LogP contribution in [-0.4, -0.2) is 49.8 Å². The van der Waals surface area contributed by atoms with Crippen molar-refractivity contribution in [3.05, 3.63) is 18.0 Å². The van der Waals surface area contributed by atoms with E-state index >= 15 is 0 Å². The number of rotatable bonds is 4. The molecule has 1 aliphatic heterocycles. The number of hydrogen-bond acceptors (Lipinski definition) is 5. The molecule has 9 heteroatoms. The molecule has 1 fully saturated rings. The van der Waals surface area contributed by atoms with Crippen LogP contribution in [0.25, 0.3) is 0 Å². The molecule has 2 rings (SSSR count). The van der Waals surface area contributed by atoms with Crippen molar-refractivity contribution in [2.45, 2.75) is 37.9 Å². The third-order valence-electron chi connectivity index (χ3n) is 3.73. The van der Waals surface area contributed by atoms with Crippen LogP contribution in [0.1, 0.15) is 19.5 Å². The summed E-state index contributed by atoms with van der Waals surface area (Å²) in [5.41, 5.74) is 6.36. The minimum absolute atomic E-state index is 0.00109. The zero-order valence-corrected chi connectivity index (χ0v) is 13.8. The van der Waals surface area contributed by atoms with Crippen LogP contribution in [0.4, 0.5) is 0 Å². The zero-order valence-electron chi connectivity index (χ0n) is 12.2. The summed E-state index contributed by atoms with van der Waals surface area (Å²) in [5, 5.41) is 0. The zero-order chi connectivity index (χ0) is 15.8. The first-order valence-corrected chi connectivity index (χ1v) is 10.1. The number of aromatic nitrogens is 1. The smallest absolute Gasteiger partial charge is 0.244 e. The Hall–Kier alpha value is -0.900. The van der Waals surface area contributed by atoms with Crippen molar-refractivity contribution in [3.63, 3.8) is 0 Å². The summed E-state index contributed by atoms with van der Waals surface area (Å²) in [5.74, 6) is -0.265. The normalized spacial score (nSPS) is 23.3. The van der Waals surface area contributed by atoms with Crippen molar-refractivity contribution in [2.75, 3.05) is 18.1 Å². The molecule has 0 aliphatic carbocycles. The summed E-state index contributed by atoms with van der Waals surface area (Å²) < 4.78 is 51.6. The molecule has 0 amide bonds. The maximum absolute atomic E-state index is 12.7. The van der Waals surface area contributed by atoms with Crippen LogP contribution in [0.5, 0.6) is 0 Å². The van der Waals surface area contributed by atoms with Gasteiger partial charge in [0.2, 0.25) is 10.0 Å². The van der Waals surface area contributed by atoms with Gasteiger partial charge in [0, 0.05) is 37.6 Å². The molecule has 0 saturated carbocycles. The second-order valence-corrected chi connectivity index (χ2v) is 9.36. The van der Waals surface area contributed by atoms with Gasteiger partial charge < -0.3 is 10.3 Å². The predicted molar refractivity (Wildman–Crippen MR) is 80.0 cm³/mol. The summed E-state index contributed by atoms with van der Waals surface area (Å²) in [6.07, 6.45) is 1.56. The molecule has 2 heterocycles. The van der Waals surface area contributed by atoms with E-state index in [1.807, 2.05) is 6.92 Å². The van der Waals surface area contributed by atoms with Crippen molar-refractivity contribution in [1.82, 2.24) is 8.87 Å². The van der Waals surface area contributed by atoms with Crippen LogP contribution in [-0.2, 0) is 33.0 Å². The van der Waals surface area contributed by atoms with E-state index in [-0.39, 0.29) is 29.5 Å². The fourth-order valence-corrected chi connectivity index (χ4v) is 6.07. The highest BCUT2D eigenvalue weighted by atomic mass is 32.2. The Balaban J connectivity index is 2.36. The van der Waals surface area contributed by atoms with E-state index in [9.17, 15) is 16.8 Å². The first-order valence-electron chi connectivity index (χ1n) is 6.82. The number of nitrogens with two attached hydrogens (primary N) is 1. The number of hydrogen-bond donors (Lipinski definition) is 1. The molecule has 1 aromatic rings. The van der Waals surface area contributed by atoms with E-state index in [0.717, 1.165) is 5.69 Å². The van der Waals surface area contributed by atoms with Gasteiger partial charge >= 0.3 is 0 Å². The molecule has 0 aromatic carbocycles. The molecule has 21 heavy (non-hydrogen) atoms.